The number of hydrogen-bond donors (Lipinski definition) is 0. The summed E-state index contributed by atoms with van der Waals surface area (Å²) in [7, 11) is 0. The second-order valence-corrected chi connectivity index (χ2v) is 25.5. The minimum atomic E-state index is 0.318. The maximum atomic E-state index is 2.55. The molecule has 0 spiro atoms. The van der Waals surface area contributed by atoms with Crippen molar-refractivity contribution >= 4 is 70.6 Å². The Kier molecular flexibility index (Phi) is 17.1. The van der Waals surface area contributed by atoms with E-state index in [0.717, 1.165) is 23.7 Å². The molecule has 4 aliphatic heterocycles. The highest BCUT2D eigenvalue weighted by molar-refractivity contribution is 8.64. The van der Waals surface area contributed by atoms with E-state index in [-0.39, 0.29) is 0 Å². The van der Waals surface area contributed by atoms with Crippen LogP contribution in [0.25, 0.3) is 0 Å². The molecule has 0 aliphatic carbocycles. The van der Waals surface area contributed by atoms with Crippen molar-refractivity contribution in [2.45, 2.75) is 197 Å². The summed E-state index contributed by atoms with van der Waals surface area (Å²) in [5.41, 5.74) is 0. The van der Waals surface area contributed by atoms with Crippen molar-refractivity contribution in [3.05, 3.63) is 0 Å². The quantitative estimate of drug-likeness (QED) is 0.0917. The van der Waals surface area contributed by atoms with Crippen LogP contribution in [0.4, 0.5) is 0 Å². The van der Waals surface area contributed by atoms with Gasteiger partial charge >= 0.3 is 0 Å². The SMILES string of the molecule is CCCCCC(CC)C12SC3(C(CC)CCCCC)SC(C(CC)CCCCC)(S1)SC(C(CC)CCCCC)(S2)S3. The van der Waals surface area contributed by atoms with Crippen molar-refractivity contribution < 1.29 is 0 Å². The Morgan fingerprint density at radius 1 is 0.310 bits per heavy atom. The van der Waals surface area contributed by atoms with Crippen molar-refractivity contribution in [2.75, 3.05) is 0 Å². The molecule has 4 rings (SSSR count). The van der Waals surface area contributed by atoms with Crippen LogP contribution >= 0.6 is 70.6 Å². The predicted molar refractivity (Wildman–Crippen MR) is 208 cm³/mol. The molecule has 42 heavy (non-hydrogen) atoms. The Labute approximate surface area is 289 Å². The van der Waals surface area contributed by atoms with E-state index in [1.54, 1.807) is 0 Å². The lowest BCUT2D eigenvalue weighted by atomic mass is 9.99. The zero-order valence-corrected chi connectivity index (χ0v) is 33.8. The summed E-state index contributed by atoms with van der Waals surface area (Å²) >= 11 is 15.2. The molecule has 0 N–H and O–H groups in total. The Hall–Kier alpha value is 2.10. The fraction of sp³-hybridized carbons (Fsp3) is 1.00. The van der Waals surface area contributed by atoms with Gasteiger partial charge in [0.15, 0.2) is 0 Å². The van der Waals surface area contributed by atoms with E-state index < -0.39 is 0 Å². The summed E-state index contributed by atoms with van der Waals surface area (Å²) in [5.74, 6) is 3.28. The molecule has 0 amide bonds. The van der Waals surface area contributed by atoms with Gasteiger partial charge in [0.05, 0.1) is 0 Å². The van der Waals surface area contributed by atoms with Crippen LogP contribution in [0.5, 0.6) is 0 Å². The third kappa shape index (κ3) is 8.76. The van der Waals surface area contributed by atoms with Gasteiger partial charge in [-0.15, -0.1) is 70.6 Å². The van der Waals surface area contributed by atoms with Gasteiger partial charge in [0, 0.05) is 0 Å². The topological polar surface area (TPSA) is 0 Å². The maximum absolute atomic E-state index is 2.55. The summed E-state index contributed by atoms with van der Waals surface area (Å²) in [5, 5.41) is 0. The monoisotopic (exact) mass is 692 g/mol. The van der Waals surface area contributed by atoms with E-state index in [2.05, 4.69) is 126 Å². The average molecular weight is 693 g/mol. The molecule has 0 aromatic rings. The van der Waals surface area contributed by atoms with Crippen LogP contribution in [0.15, 0.2) is 0 Å². The molecule has 0 nitrogen and oxygen atoms in total. The number of rotatable bonds is 24. The van der Waals surface area contributed by atoms with Gasteiger partial charge in [-0.05, 0) is 49.4 Å². The third-order valence-corrected chi connectivity index (χ3v) is 23.7. The molecule has 0 saturated carbocycles. The fourth-order valence-corrected chi connectivity index (χ4v) is 30.6. The van der Waals surface area contributed by atoms with Crippen LogP contribution in [0.3, 0.4) is 0 Å². The standard InChI is InChI=1S/C36H68S6/c1-9-17-21-25-29(13-5)33-37-34(30(14-6)26-22-18-10-2)40-35(38-33,31(15-7)27-23-19-11-3)42-36(39-33,41-34)32(16-8)28-24-20-12-4/h29-32H,9-28H2,1-8H3. The summed E-state index contributed by atoms with van der Waals surface area (Å²) < 4.78 is 1.27. The molecule has 4 atom stereocenters. The third-order valence-electron chi connectivity index (χ3n) is 10.3. The van der Waals surface area contributed by atoms with Crippen molar-refractivity contribution in [1.82, 2.24) is 0 Å². The van der Waals surface area contributed by atoms with Gasteiger partial charge in [-0.3, -0.25) is 0 Å². The second-order valence-electron chi connectivity index (χ2n) is 13.4. The van der Waals surface area contributed by atoms with E-state index in [9.17, 15) is 0 Å². The van der Waals surface area contributed by atoms with Gasteiger partial charge in [0.1, 0.15) is 13.6 Å². The number of unbranched alkanes of at least 4 members (excludes halogenated alkanes) is 8. The molecule has 4 unspecified atom stereocenters. The van der Waals surface area contributed by atoms with E-state index in [4.69, 9.17) is 0 Å². The van der Waals surface area contributed by atoms with Gasteiger partial charge in [-0.25, -0.2) is 0 Å². The Morgan fingerprint density at radius 2 is 0.500 bits per heavy atom. The van der Waals surface area contributed by atoms with Crippen LogP contribution < -0.4 is 0 Å². The van der Waals surface area contributed by atoms with Gasteiger partial charge in [0.25, 0.3) is 0 Å². The molecule has 4 saturated heterocycles. The average Bonchev–Trinajstić information content (AvgIpc) is 2.97. The van der Waals surface area contributed by atoms with Gasteiger partial charge in [-0.2, -0.15) is 0 Å². The van der Waals surface area contributed by atoms with Crippen molar-refractivity contribution in [3.8, 4) is 0 Å². The molecule has 4 heterocycles. The highest BCUT2D eigenvalue weighted by Crippen LogP contribution is 2.93. The van der Waals surface area contributed by atoms with Crippen molar-refractivity contribution in [1.29, 1.82) is 0 Å². The van der Waals surface area contributed by atoms with Crippen LogP contribution in [0, 0.1) is 23.7 Å². The Balaban J connectivity index is 2.17. The molecule has 4 bridgehead atoms. The maximum Gasteiger partial charge on any atom is 0.116 e. The second kappa shape index (κ2) is 18.6. The number of thioether (sulfide) groups is 6. The van der Waals surface area contributed by atoms with E-state index in [1.807, 2.05) is 0 Å². The minimum Gasteiger partial charge on any atom is -0.104 e. The van der Waals surface area contributed by atoms with Crippen molar-refractivity contribution in [2.24, 2.45) is 23.7 Å². The summed E-state index contributed by atoms with van der Waals surface area (Å²) in [6.07, 6.45) is 27.9. The lowest BCUT2D eigenvalue weighted by molar-refractivity contribution is 0.414. The molecular weight excluding hydrogens is 625 g/mol. The highest BCUT2D eigenvalue weighted by atomic mass is 32.4. The largest absolute Gasteiger partial charge is 0.116 e. The molecule has 0 aromatic heterocycles. The fourth-order valence-electron chi connectivity index (χ4n) is 7.53. The zero-order chi connectivity index (χ0) is 30.7. The van der Waals surface area contributed by atoms with Crippen molar-refractivity contribution in [3.63, 3.8) is 0 Å². The van der Waals surface area contributed by atoms with Gasteiger partial charge < -0.3 is 0 Å². The normalized spacial score (nSPS) is 33.1. The number of hydrogen-bond acceptors (Lipinski definition) is 6. The molecule has 6 heteroatoms. The molecular formula is C36H68S6. The van der Waals surface area contributed by atoms with Crippen LogP contribution in [-0.4, -0.2) is 13.6 Å². The molecule has 0 radical (unpaired) electrons. The van der Waals surface area contributed by atoms with Crippen LogP contribution in [-0.2, 0) is 0 Å². The predicted octanol–water partition coefficient (Wildman–Crippen LogP) is 15.5. The summed E-state index contributed by atoms with van der Waals surface area (Å²) in [4.78, 5) is 0. The highest BCUT2D eigenvalue weighted by Gasteiger charge is 2.76. The Morgan fingerprint density at radius 3 is 0.643 bits per heavy atom. The first-order chi connectivity index (χ1) is 20.3. The first-order valence-corrected chi connectivity index (χ1v) is 23.4. The zero-order valence-electron chi connectivity index (χ0n) is 28.9. The summed E-state index contributed by atoms with van der Waals surface area (Å²) in [6, 6.07) is 0. The van der Waals surface area contributed by atoms with E-state index >= 15 is 0 Å². The molecule has 0 aromatic carbocycles. The van der Waals surface area contributed by atoms with E-state index in [0.29, 0.717) is 13.6 Å². The van der Waals surface area contributed by atoms with Gasteiger partial charge in [0.2, 0.25) is 0 Å². The molecule has 248 valence electrons. The lowest BCUT2D eigenvalue weighted by Gasteiger charge is -2.72. The van der Waals surface area contributed by atoms with Gasteiger partial charge in [-0.1, -0.05) is 158 Å². The molecule has 4 aliphatic rings. The minimum absolute atomic E-state index is 0.318. The first kappa shape index (κ1) is 38.5. The molecule has 4 fully saturated rings. The summed E-state index contributed by atoms with van der Waals surface area (Å²) in [6.45, 7) is 19.7. The van der Waals surface area contributed by atoms with E-state index in [1.165, 1.54) is 128 Å². The Bertz CT molecular complexity index is 598. The smallest absolute Gasteiger partial charge is 0.104 e. The van der Waals surface area contributed by atoms with Crippen LogP contribution in [0.2, 0.25) is 0 Å². The lowest BCUT2D eigenvalue weighted by Crippen LogP contribution is -2.61. The van der Waals surface area contributed by atoms with Crippen LogP contribution in [0.1, 0.15) is 184 Å². The first-order valence-electron chi connectivity index (χ1n) is 18.5.